The largest absolute Gasteiger partial charge is 0.373 e. The Bertz CT molecular complexity index is 420. The molecule has 1 atom stereocenters. The second kappa shape index (κ2) is 6.30. The van der Waals surface area contributed by atoms with Gasteiger partial charge in [-0.15, -0.1) is 0 Å². The zero-order valence-electron chi connectivity index (χ0n) is 12.5. The van der Waals surface area contributed by atoms with Crippen LogP contribution in [-0.4, -0.2) is 60.0 Å². The summed E-state index contributed by atoms with van der Waals surface area (Å²) in [6.07, 6.45) is 2.62. The monoisotopic (exact) mass is 263 g/mol. The average Bonchev–Trinajstić information content (AvgIpc) is 2.74. The van der Waals surface area contributed by atoms with Crippen LogP contribution < -0.4 is 5.32 Å². The third kappa shape index (κ3) is 3.88. The number of nitrogens with one attached hydrogen (secondary N) is 1. The number of anilines is 1. The van der Waals surface area contributed by atoms with Crippen LogP contribution in [0.3, 0.4) is 0 Å². The summed E-state index contributed by atoms with van der Waals surface area (Å²) in [6.45, 7) is 5.13. The number of hydrogen-bond acceptors (Lipinski definition) is 5. The second-order valence-corrected chi connectivity index (χ2v) is 5.53. The lowest BCUT2D eigenvalue weighted by atomic mass is 10.2. The van der Waals surface area contributed by atoms with Crippen molar-refractivity contribution in [2.75, 3.05) is 39.5 Å². The molecular weight excluding hydrogens is 238 g/mol. The quantitative estimate of drug-likeness (QED) is 0.869. The maximum Gasteiger partial charge on any atom is 0.144 e. The highest BCUT2D eigenvalue weighted by molar-refractivity contribution is 5.34. The van der Waals surface area contributed by atoms with Crippen LogP contribution in [0.1, 0.15) is 24.4 Å². The maximum absolute atomic E-state index is 4.51. The Hall–Kier alpha value is -1.20. The van der Waals surface area contributed by atoms with Crippen LogP contribution in [0.15, 0.2) is 6.07 Å². The number of nitrogens with zero attached hydrogens (tertiary/aromatic N) is 4. The Morgan fingerprint density at radius 2 is 2.26 bits per heavy atom. The van der Waals surface area contributed by atoms with Crippen molar-refractivity contribution in [3.63, 3.8) is 0 Å². The van der Waals surface area contributed by atoms with Crippen LogP contribution in [0, 0.1) is 6.92 Å². The highest BCUT2D eigenvalue weighted by Gasteiger charge is 2.22. The van der Waals surface area contributed by atoms with Crippen molar-refractivity contribution in [1.82, 2.24) is 19.8 Å². The number of likely N-dealkylation sites (tertiary alicyclic amines) is 1. The molecule has 1 unspecified atom stereocenters. The van der Waals surface area contributed by atoms with E-state index in [-0.39, 0.29) is 0 Å². The van der Waals surface area contributed by atoms with Crippen molar-refractivity contribution >= 4 is 5.82 Å². The van der Waals surface area contributed by atoms with E-state index in [0.717, 1.165) is 30.4 Å². The second-order valence-electron chi connectivity index (χ2n) is 5.53. The summed E-state index contributed by atoms with van der Waals surface area (Å²) >= 11 is 0. The SMILES string of the molecule is CNc1cc(C)nc(CN(C)CC2CCCN2C)n1. The minimum Gasteiger partial charge on any atom is -0.373 e. The van der Waals surface area contributed by atoms with E-state index in [9.17, 15) is 0 Å². The Morgan fingerprint density at radius 3 is 2.89 bits per heavy atom. The fourth-order valence-corrected chi connectivity index (χ4v) is 2.70. The van der Waals surface area contributed by atoms with Crippen molar-refractivity contribution < 1.29 is 0 Å². The standard InChI is InChI=1S/C14H25N5/c1-11-8-13(15-2)17-14(16-11)10-18(3)9-12-6-5-7-19(12)4/h8,12H,5-7,9-10H2,1-4H3,(H,15,16,17). The van der Waals surface area contributed by atoms with Crippen LogP contribution in [-0.2, 0) is 6.54 Å². The molecule has 1 N–H and O–H groups in total. The Morgan fingerprint density at radius 1 is 1.47 bits per heavy atom. The molecule has 0 radical (unpaired) electrons. The van der Waals surface area contributed by atoms with E-state index >= 15 is 0 Å². The Labute approximate surface area is 116 Å². The zero-order valence-corrected chi connectivity index (χ0v) is 12.5. The number of rotatable bonds is 5. The molecule has 1 aromatic rings. The molecule has 1 aromatic heterocycles. The Balaban J connectivity index is 1.94. The molecule has 2 rings (SSSR count). The van der Waals surface area contributed by atoms with Gasteiger partial charge in [0.2, 0.25) is 0 Å². The van der Waals surface area contributed by atoms with Gasteiger partial charge in [0.05, 0.1) is 6.54 Å². The molecule has 2 heterocycles. The van der Waals surface area contributed by atoms with E-state index in [0.29, 0.717) is 6.04 Å². The fraction of sp³-hybridized carbons (Fsp3) is 0.714. The van der Waals surface area contributed by atoms with Crippen LogP contribution >= 0.6 is 0 Å². The minimum atomic E-state index is 0.679. The summed E-state index contributed by atoms with van der Waals surface area (Å²) in [5.41, 5.74) is 1.01. The average molecular weight is 263 g/mol. The fourth-order valence-electron chi connectivity index (χ4n) is 2.70. The first-order valence-corrected chi connectivity index (χ1v) is 6.99. The molecule has 1 fully saturated rings. The van der Waals surface area contributed by atoms with Gasteiger partial charge in [-0.3, -0.25) is 4.90 Å². The molecule has 19 heavy (non-hydrogen) atoms. The van der Waals surface area contributed by atoms with Gasteiger partial charge in [-0.25, -0.2) is 9.97 Å². The van der Waals surface area contributed by atoms with Gasteiger partial charge in [0, 0.05) is 31.4 Å². The van der Waals surface area contributed by atoms with E-state index < -0.39 is 0 Å². The van der Waals surface area contributed by atoms with Crippen LogP contribution in [0.2, 0.25) is 0 Å². The third-order valence-electron chi connectivity index (χ3n) is 3.76. The van der Waals surface area contributed by atoms with Gasteiger partial charge >= 0.3 is 0 Å². The van der Waals surface area contributed by atoms with E-state index in [1.54, 1.807) is 0 Å². The van der Waals surface area contributed by atoms with Gasteiger partial charge in [-0.2, -0.15) is 0 Å². The molecule has 1 saturated heterocycles. The summed E-state index contributed by atoms with van der Waals surface area (Å²) < 4.78 is 0. The van der Waals surface area contributed by atoms with Crippen molar-refractivity contribution in [2.45, 2.75) is 32.4 Å². The minimum absolute atomic E-state index is 0.679. The predicted molar refractivity (Wildman–Crippen MR) is 78.3 cm³/mol. The van der Waals surface area contributed by atoms with Gasteiger partial charge in [0.15, 0.2) is 0 Å². The molecular formula is C14H25N5. The van der Waals surface area contributed by atoms with Crippen LogP contribution in [0.4, 0.5) is 5.82 Å². The summed E-state index contributed by atoms with van der Waals surface area (Å²) in [5, 5.41) is 3.08. The predicted octanol–water partition coefficient (Wildman–Crippen LogP) is 1.35. The van der Waals surface area contributed by atoms with Crippen molar-refractivity contribution in [2.24, 2.45) is 0 Å². The smallest absolute Gasteiger partial charge is 0.144 e. The summed E-state index contributed by atoms with van der Waals surface area (Å²) in [5.74, 6) is 1.79. The molecule has 0 aromatic carbocycles. The summed E-state index contributed by atoms with van der Waals surface area (Å²) in [7, 11) is 6.26. The van der Waals surface area contributed by atoms with Gasteiger partial charge in [-0.05, 0) is 40.4 Å². The third-order valence-corrected chi connectivity index (χ3v) is 3.76. The number of aryl methyl sites for hydroxylation is 1. The molecule has 0 saturated carbocycles. The molecule has 106 valence electrons. The molecule has 0 amide bonds. The highest BCUT2D eigenvalue weighted by Crippen LogP contribution is 2.16. The zero-order chi connectivity index (χ0) is 13.8. The van der Waals surface area contributed by atoms with E-state index in [2.05, 4.69) is 39.2 Å². The van der Waals surface area contributed by atoms with Gasteiger partial charge < -0.3 is 10.2 Å². The first kappa shape index (κ1) is 14.2. The topological polar surface area (TPSA) is 44.3 Å². The molecule has 0 aliphatic carbocycles. The molecule has 1 aliphatic heterocycles. The van der Waals surface area contributed by atoms with Crippen molar-refractivity contribution in [3.05, 3.63) is 17.6 Å². The normalized spacial score (nSPS) is 20.2. The Kier molecular flexibility index (Phi) is 4.71. The molecule has 1 aliphatic rings. The lowest BCUT2D eigenvalue weighted by molar-refractivity contribution is 0.212. The van der Waals surface area contributed by atoms with E-state index in [1.165, 1.54) is 19.4 Å². The van der Waals surface area contributed by atoms with E-state index in [4.69, 9.17) is 0 Å². The van der Waals surface area contributed by atoms with Gasteiger partial charge in [0.25, 0.3) is 0 Å². The van der Waals surface area contributed by atoms with Crippen molar-refractivity contribution in [3.8, 4) is 0 Å². The lowest BCUT2D eigenvalue weighted by Crippen LogP contribution is -2.36. The number of aromatic nitrogens is 2. The molecule has 5 heteroatoms. The maximum atomic E-state index is 4.51. The lowest BCUT2D eigenvalue weighted by Gasteiger charge is -2.25. The van der Waals surface area contributed by atoms with Crippen LogP contribution in [0.5, 0.6) is 0 Å². The van der Waals surface area contributed by atoms with E-state index in [1.807, 2.05) is 20.0 Å². The van der Waals surface area contributed by atoms with Gasteiger partial charge in [-0.1, -0.05) is 0 Å². The van der Waals surface area contributed by atoms with Gasteiger partial charge in [0.1, 0.15) is 11.6 Å². The first-order chi connectivity index (χ1) is 9.08. The molecule has 5 nitrogen and oxygen atoms in total. The first-order valence-electron chi connectivity index (χ1n) is 6.99. The highest BCUT2D eigenvalue weighted by atomic mass is 15.2. The number of likely N-dealkylation sites (N-methyl/N-ethyl adjacent to an activating group) is 2. The van der Waals surface area contributed by atoms with Crippen molar-refractivity contribution in [1.29, 1.82) is 0 Å². The summed E-state index contributed by atoms with van der Waals surface area (Å²) in [4.78, 5) is 13.8. The molecule has 0 bridgehead atoms. The summed E-state index contributed by atoms with van der Waals surface area (Å²) in [6, 6.07) is 2.65. The van der Waals surface area contributed by atoms with Crippen LogP contribution in [0.25, 0.3) is 0 Å². The number of hydrogen-bond donors (Lipinski definition) is 1. The molecule has 0 spiro atoms.